The minimum absolute atomic E-state index is 1.14. The average Bonchev–Trinajstić information content (AvgIpc) is 3.92. The molecular weight excluding hydrogens is 667 g/mol. The summed E-state index contributed by atoms with van der Waals surface area (Å²) in [6.45, 7) is 0. The number of para-hydroxylation sites is 3. The summed E-state index contributed by atoms with van der Waals surface area (Å²) < 4.78 is 7.39. The van der Waals surface area contributed by atoms with Gasteiger partial charge in [0.15, 0.2) is 0 Å². The Kier molecular flexibility index (Phi) is 6.34. The topological polar surface area (TPSA) is 14.8 Å². The first-order valence-corrected chi connectivity index (χ1v) is 18.9. The fourth-order valence-electron chi connectivity index (χ4n) is 9.20. The van der Waals surface area contributed by atoms with Gasteiger partial charge in [-0.05, 0) is 82.9 Å². The number of aromatic nitrogens is 3. The summed E-state index contributed by atoms with van der Waals surface area (Å²) in [6, 6.07) is 73.4. The first-order chi connectivity index (χ1) is 27.3. The molecule has 55 heavy (non-hydrogen) atoms. The maximum absolute atomic E-state index is 2.51. The van der Waals surface area contributed by atoms with Crippen LogP contribution in [0.25, 0.3) is 105 Å². The molecule has 8 aromatic carbocycles. The molecule has 3 nitrogen and oxygen atoms in total. The van der Waals surface area contributed by atoms with E-state index >= 15 is 0 Å². The Morgan fingerprint density at radius 3 is 1.45 bits per heavy atom. The van der Waals surface area contributed by atoms with Gasteiger partial charge in [-0.25, -0.2) is 0 Å². The Morgan fingerprint density at radius 2 is 0.800 bits per heavy atom. The van der Waals surface area contributed by atoms with E-state index < -0.39 is 0 Å². The molecule has 0 bridgehead atoms. The monoisotopic (exact) mass is 699 g/mol. The van der Waals surface area contributed by atoms with Crippen molar-refractivity contribution in [3.8, 4) is 61.8 Å². The van der Waals surface area contributed by atoms with Gasteiger partial charge in [-0.3, -0.25) is 0 Å². The predicted molar refractivity (Wildman–Crippen MR) is 230 cm³/mol. The SMILES string of the molecule is c1ccc(-c2cc3ccccc3n2-c2ccc3c(c2)-c2ccccc2-c2cc(-n4c(-c5ccccc5)cc5ccccc54)cc4c5ccccc5n-3c24)cc1. The second-order valence-corrected chi connectivity index (χ2v) is 14.6. The summed E-state index contributed by atoms with van der Waals surface area (Å²) >= 11 is 0. The highest BCUT2D eigenvalue weighted by molar-refractivity contribution is 6.17. The van der Waals surface area contributed by atoms with Crippen molar-refractivity contribution in [3.05, 3.63) is 200 Å². The van der Waals surface area contributed by atoms with E-state index in [1.807, 2.05) is 0 Å². The molecule has 0 unspecified atom stereocenters. The molecule has 11 aromatic rings. The molecular formula is C52H33N3. The van der Waals surface area contributed by atoms with Gasteiger partial charge in [0.25, 0.3) is 0 Å². The van der Waals surface area contributed by atoms with Gasteiger partial charge in [0, 0.05) is 44.0 Å². The number of benzene rings is 8. The van der Waals surface area contributed by atoms with Crippen molar-refractivity contribution in [1.29, 1.82) is 0 Å². The minimum Gasteiger partial charge on any atom is -0.309 e. The van der Waals surface area contributed by atoms with E-state index in [9.17, 15) is 0 Å². The highest BCUT2D eigenvalue weighted by Crippen LogP contribution is 2.49. The van der Waals surface area contributed by atoms with Crippen LogP contribution in [-0.4, -0.2) is 13.7 Å². The highest BCUT2D eigenvalue weighted by atomic mass is 15.0. The van der Waals surface area contributed by atoms with Crippen molar-refractivity contribution in [2.45, 2.75) is 0 Å². The van der Waals surface area contributed by atoms with Crippen LogP contribution in [0.4, 0.5) is 0 Å². The molecule has 0 saturated carbocycles. The normalized spacial score (nSPS) is 12.0. The number of hydrogen-bond acceptors (Lipinski definition) is 0. The number of fused-ring (bicyclic) bond motifs is 10. The van der Waals surface area contributed by atoms with Crippen molar-refractivity contribution in [3.63, 3.8) is 0 Å². The zero-order valence-electron chi connectivity index (χ0n) is 29.9. The predicted octanol–water partition coefficient (Wildman–Crippen LogP) is 13.7. The largest absolute Gasteiger partial charge is 0.309 e. The van der Waals surface area contributed by atoms with E-state index in [1.54, 1.807) is 0 Å². The number of rotatable bonds is 4. The lowest BCUT2D eigenvalue weighted by Crippen LogP contribution is -2.01. The molecule has 0 atom stereocenters. The van der Waals surface area contributed by atoms with Crippen LogP contribution in [0.3, 0.4) is 0 Å². The summed E-state index contributed by atoms with van der Waals surface area (Å²) in [5.41, 5.74) is 17.9. The smallest absolute Gasteiger partial charge is 0.0621 e. The summed E-state index contributed by atoms with van der Waals surface area (Å²) in [7, 11) is 0. The molecule has 0 saturated heterocycles. The highest BCUT2D eigenvalue weighted by Gasteiger charge is 2.27. The zero-order valence-corrected chi connectivity index (χ0v) is 29.9. The number of nitrogens with zero attached hydrogens (tertiary/aromatic N) is 3. The first-order valence-electron chi connectivity index (χ1n) is 18.9. The van der Waals surface area contributed by atoms with Crippen molar-refractivity contribution >= 4 is 43.6 Å². The van der Waals surface area contributed by atoms with E-state index in [2.05, 4.69) is 214 Å². The van der Waals surface area contributed by atoms with Gasteiger partial charge >= 0.3 is 0 Å². The Morgan fingerprint density at radius 1 is 0.291 bits per heavy atom. The van der Waals surface area contributed by atoms with Gasteiger partial charge in [-0.2, -0.15) is 0 Å². The van der Waals surface area contributed by atoms with Crippen molar-refractivity contribution in [2.75, 3.05) is 0 Å². The molecule has 12 rings (SSSR count). The van der Waals surface area contributed by atoms with E-state index in [1.165, 1.54) is 94.1 Å². The van der Waals surface area contributed by atoms with Gasteiger partial charge in [-0.15, -0.1) is 0 Å². The molecule has 0 amide bonds. The summed E-state index contributed by atoms with van der Waals surface area (Å²) in [6.07, 6.45) is 0. The van der Waals surface area contributed by atoms with Crippen LogP contribution in [0.1, 0.15) is 0 Å². The summed E-state index contributed by atoms with van der Waals surface area (Å²) in [5, 5.41) is 4.94. The van der Waals surface area contributed by atoms with Crippen LogP contribution in [0.15, 0.2) is 200 Å². The van der Waals surface area contributed by atoms with Crippen LogP contribution in [0, 0.1) is 0 Å². The van der Waals surface area contributed by atoms with E-state index in [0.717, 1.165) is 11.4 Å². The van der Waals surface area contributed by atoms with Crippen LogP contribution in [0.2, 0.25) is 0 Å². The van der Waals surface area contributed by atoms with Gasteiger partial charge in [0.2, 0.25) is 0 Å². The van der Waals surface area contributed by atoms with Crippen molar-refractivity contribution in [1.82, 2.24) is 13.7 Å². The lowest BCUT2D eigenvalue weighted by molar-refractivity contribution is 1.12. The number of hydrogen-bond donors (Lipinski definition) is 0. The fourth-order valence-corrected chi connectivity index (χ4v) is 9.20. The van der Waals surface area contributed by atoms with Crippen LogP contribution in [0.5, 0.6) is 0 Å². The Hall–Kier alpha value is -7.36. The molecule has 0 aliphatic carbocycles. The average molecular weight is 700 g/mol. The second-order valence-electron chi connectivity index (χ2n) is 14.6. The molecule has 3 aromatic heterocycles. The Labute approximate surface area is 318 Å². The lowest BCUT2D eigenvalue weighted by Gasteiger charge is -2.17. The summed E-state index contributed by atoms with van der Waals surface area (Å²) in [5.74, 6) is 0. The van der Waals surface area contributed by atoms with E-state index in [4.69, 9.17) is 0 Å². The molecule has 0 fully saturated rings. The van der Waals surface area contributed by atoms with Crippen molar-refractivity contribution < 1.29 is 0 Å². The molecule has 3 heteroatoms. The molecule has 4 heterocycles. The lowest BCUT2D eigenvalue weighted by atomic mass is 9.93. The molecule has 0 N–H and O–H groups in total. The van der Waals surface area contributed by atoms with E-state index in [-0.39, 0.29) is 0 Å². The van der Waals surface area contributed by atoms with Gasteiger partial charge in [0.05, 0.1) is 39.1 Å². The zero-order chi connectivity index (χ0) is 36.0. The first kappa shape index (κ1) is 30.1. The fraction of sp³-hybridized carbons (Fsp3) is 0. The summed E-state index contributed by atoms with van der Waals surface area (Å²) in [4.78, 5) is 0. The third-order valence-corrected chi connectivity index (χ3v) is 11.6. The standard InChI is InChI=1S/C52H33N3/c1-3-15-34(16-4-1)50-29-36-19-7-12-24-46(36)53(50)38-27-28-49-43(31-38)40-21-9-10-22-41(40)44-32-39(33-45-42-23-11-14-26-48(42)55(49)52(44)45)54-47-25-13-8-20-37(47)30-51(54)35-17-5-2-6-18-35/h1-33H. The maximum Gasteiger partial charge on any atom is 0.0621 e. The Balaban J connectivity index is 1.17. The molecule has 0 radical (unpaired) electrons. The molecule has 1 aliphatic heterocycles. The molecule has 0 spiro atoms. The minimum atomic E-state index is 1.14. The van der Waals surface area contributed by atoms with Crippen LogP contribution in [-0.2, 0) is 0 Å². The van der Waals surface area contributed by atoms with Gasteiger partial charge in [-0.1, -0.05) is 140 Å². The molecule has 256 valence electrons. The van der Waals surface area contributed by atoms with Gasteiger partial charge < -0.3 is 13.7 Å². The van der Waals surface area contributed by atoms with E-state index in [0.29, 0.717) is 0 Å². The Bertz CT molecular complexity index is 3300. The van der Waals surface area contributed by atoms with Crippen LogP contribution < -0.4 is 0 Å². The third-order valence-electron chi connectivity index (χ3n) is 11.6. The second kappa shape index (κ2) is 11.6. The van der Waals surface area contributed by atoms with Crippen molar-refractivity contribution in [2.24, 2.45) is 0 Å². The third kappa shape index (κ3) is 4.38. The quantitative estimate of drug-likeness (QED) is 0.174. The van der Waals surface area contributed by atoms with Gasteiger partial charge in [0.1, 0.15) is 0 Å². The maximum atomic E-state index is 2.51. The molecule has 1 aliphatic rings. The van der Waals surface area contributed by atoms with Crippen LogP contribution >= 0.6 is 0 Å².